The third kappa shape index (κ3) is 4.79. The van der Waals surface area contributed by atoms with Crippen LogP contribution in [0.25, 0.3) is 0 Å². The van der Waals surface area contributed by atoms with Gasteiger partial charge in [-0.15, -0.1) is 0 Å². The number of carbonyl (C=O) groups is 2. The Labute approximate surface area is 145 Å². The number of ether oxygens (including phenoxy) is 1. The minimum atomic E-state index is -1.10. The van der Waals surface area contributed by atoms with E-state index in [0.717, 1.165) is 19.3 Å². The maximum absolute atomic E-state index is 11.8. The van der Waals surface area contributed by atoms with E-state index in [0.29, 0.717) is 18.8 Å². The topological polar surface area (TPSA) is 83.8 Å². The molecule has 2 bridgehead atoms. The second-order valence-corrected chi connectivity index (χ2v) is 8.06. The highest BCUT2D eigenvalue weighted by molar-refractivity contribution is 5.81. The summed E-state index contributed by atoms with van der Waals surface area (Å²) < 4.78 is 5.64. The van der Waals surface area contributed by atoms with Crippen LogP contribution in [0, 0.1) is 16.7 Å². The Morgan fingerprint density at radius 3 is 2.17 bits per heavy atom. The summed E-state index contributed by atoms with van der Waals surface area (Å²) in [6, 6.07) is 0. The molecule has 2 fully saturated rings. The van der Waals surface area contributed by atoms with Crippen molar-refractivity contribution in [3.63, 3.8) is 0 Å². The predicted molar refractivity (Wildman–Crippen MR) is 92.2 cm³/mol. The highest BCUT2D eigenvalue weighted by Crippen LogP contribution is 2.66. The fraction of sp³-hybridized carbons (Fsp3) is 0.895. The molecule has 0 aromatic carbocycles. The van der Waals surface area contributed by atoms with Crippen LogP contribution in [0.3, 0.4) is 0 Å². The lowest BCUT2D eigenvalue weighted by molar-refractivity contribution is -0.157. The molecule has 0 saturated heterocycles. The van der Waals surface area contributed by atoms with E-state index in [-0.39, 0.29) is 35.1 Å². The standard InChI is InChI=1S/C15H24O3.C4H10O2/c1-10(16)5-6-13(17)18-12-9-11-7-8-15(12,4)14(11,2)3;1-2-3-4(5)6/h11-12H,5-9H2,1-4H3;4-6H,2-3H2,1H3. The number of aliphatic hydroxyl groups excluding tert-OH is 1. The van der Waals surface area contributed by atoms with Crippen molar-refractivity contribution in [2.45, 2.75) is 92.0 Å². The molecule has 0 heterocycles. The quantitative estimate of drug-likeness (QED) is 0.572. The number of hydrogen-bond acceptors (Lipinski definition) is 5. The van der Waals surface area contributed by atoms with Crippen molar-refractivity contribution in [3.05, 3.63) is 0 Å². The molecule has 140 valence electrons. The first-order chi connectivity index (χ1) is 11.0. The van der Waals surface area contributed by atoms with E-state index in [9.17, 15) is 9.59 Å². The van der Waals surface area contributed by atoms with Crippen LogP contribution in [0.2, 0.25) is 0 Å². The molecule has 0 aromatic heterocycles. The summed E-state index contributed by atoms with van der Waals surface area (Å²) in [6.45, 7) is 10.3. The van der Waals surface area contributed by atoms with Crippen LogP contribution >= 0.6 is 0 Å². The van der Waals surface area contributed by atoms with Gasteiger partial charge in [-0.25, -0.2) is 0 Å². The van der Waals surface area contributed by atoms with Crippen molar-refractivity contribution < 1.29 is 24.5 Å². The van der Waals surface area contributed by atoms with Gasteiger partial charge in [-0.05, 0) is 43.9 Å². The van der Waals surface area contributed by atoms with Crippen molar-refractivity contribution in [2.24, 2.45) is 16.7 Å². The van der Waals surface area contributed by atoms with Gasteiger partial charge in [0.1, 0.15) is 11.9 Å². The molecule has 2 saturated carbocycles. The Hall–Kier alpha value is -0.940. The zero-order valence-electron chi connectivity index (χ0n) is 15.8. The molecule has 0 aromatic rings. The number of aliphatic hydroxyl groups is 2. The molecular weight excluding hydrogens is 308 g/mol. The predicted octanol–water partition coefficient (Wildman–Crippen LogP) is 3.21. The van der Waals surface area contributed by atoms with Gasteiger partial charge in [-0.2, -0.15) is 0 Å². The smallest absolute Gasteiger partial charge is 0.306 e. The van der Waals surface area contributed by atoms with Crippen molar-refractivity contribution in [1.29, 1.82) is 0 Å². The summed E-state index contributed by atoms with van der Waals surface area (Å²) in [5.41, 5.74) is 0.377. The van der Waals surface area contributed by atoms with E-state index < -0.39 is 6.29 Å². The van der Waals surface area contributed by atoms with Gasteiger partial charge in [0.05, 0.1) is 6.42 Å². The number of ketones is 1. The minimum Gasteiger partial charge on any atom is -0.462 e. The second kappa shape index (κ2) is 8.43. The summed E-state index contributed by atoms with van der Waals surface area (Å²) in [6.07, 6.45) is 4.19. The van der Waals surface area contributed by atoms with Gasteiger partial charge >= 0.3 is 5.97 Å². The minimum absolute atomic E-state index is 0.0470. The van der Waals surface area contributed by atoms with Gasteiger partial charge < -0.3 is 19.7 Å². The van der Waals surface area contributed by atoms with Gasteiger partial charge in [0.15, 0.2) is 6.29 Å². The van der Waals surface area contributed by atoms with E-state index in [1.807, 2.05) is 6.92 Å². The Morgan fingerprint density at radius 2 is 1.83 bits per heavy atom. The Balaban J connectivity index is 0.000000413. The van der Waals surface area contributed by atoms with Gasteiger partial charge in [0.25, 0.3) is 0 Å². The molecule has 3 unspecified atom stereocenters. The van der Waals surface area contributed by atoms with Gasteiger partial charge in [-0.1, -0.05) is 34.1 Å². The Bertz CT molecular complexity index is 443. The second-order valence-electron chi connectivity index (χ2n) is 8.06. The zero-order chi connectivity index (χ0) is 18.5. The maximum Gasteiger partial charge on any atom is 0.306 e. The molecule has 0 amide bonds. The fourth-order valence-corrected chi connectivity index (χ4v) is 4.06. The third-order valence-electron chi connectivity index (χ3n) is 6.22. The maximum atomic E-state index is 11.8. The largest absolute Gasteiger partial charge is 0.462 e. The lowest BCUT2D eigenvalue weighted by atomic mass is 9.70. The lowest BCUT2D eigenvalue weighted by Crippen LogP contribution is -2.38. The van der Waals surface area contributed by atoms with Crippen LogP contribution in [-0.4, -0.2) is 34.4 Å². The molecule has 0 radical (unpaired) electrons. The lowest BCUT2D eigenvalue weighted by Gasteiger charge is -2.38. The first-order valence-corrected chi connectivity index (χ1v) is 9.09. The van der Waals surface area contributed by atoms with Crippen molar-refractivity contribution >= 4 is 11.8 Å². The summed E-state index contributed by atoms with van der Waals surface area (Å²) in [7, 11) is 0. The summed E-state index contributed by atoms with van der Waals surface area (Å²) in [4.78, 5) is 22.6. The molecule has 24 heavy (non-hydrogen) atoms. The van der Waals surface area contributed by atoms with Crippen LogP contribution in [0.4, 0.5) is 0 Å². The number of hydrogen-bond donors (Lipinski definition) is 2. The number of esters is 1. The van der Waals surface area contributed by atoms with E-state index in [1.165, 1.54) is 13.3 Å². The van der Waals surface area contributed by atoms with Crippen LogP contribution in [0.15, 0.2) is 0 Å². The molecule has 2 rings (SSSR count). The molecule has 0 aliphatic heterocycles. The molecule has 0 spiro atoms. The first-order valence-electron chi connectivity index (χ1n) is 9.09. The third-order valence-corrected chi connectivity index (χ3v) is 6.22. The monoisotopic (exact) mass is 342 g/mol. The van der Waals surface area contributed by atoms with E-state index in [2.05, 4.69) is 20.8 Å². The van der Waals surface area contributed by atoms with Crippen molar-refractivity contribution in [2.75, 3.05) is 0 Å². The van der Waals surface area contributed by atoms with Crippen molar-refractivity contribution in [3.8, 4) is 0 Å². The van der Waals surface area contributed by atoms with Gasteiger partial charge in [0.2, 0.25) is 0 Å². The number of Topliss-reactive ketones (excluding diaryl/α,β-unsaturated/α-hetero) is 1. The zero-order valence-corrected chi connectivity index (χ0v) is 15.8. The average molecular weight is 342 g/mol. The number of carbonyl (C=O) groups excluding carboxylic acids is 2. The van der Waals surface area contributed by atoms with Gasteiger partial charge in [-0.3, -0.25) is 4.79 Å². The van der Waals surface area contributed by atoms with E-state index in [1.54, 1.807) is 0 Å². The summed E-state index contributed by atoms with van der Waals surface area (Å²) >= 11 is 0. The molecule has 2 N–H and O–H groups in total. The van der Waals surface area contributed by atoms with Crippen LogP contribution < -0.4 is 0 Å². The highest BCUT2D eigenvalue weighted by atomic mass is 16.5. The molecule has 5 heteroatoms. The highest BCUT2D eigenvalue weighted by Gasteiger charge is 2.62. The normalized spacial score (nSPS) is 30.0. The molecular formula is C19H34O5. The fourth-order valence-electron chi connectivity index (χ4n) is 4.06. The summed E-state index contributed by atoms with van der Waals surface area (Å²) in [5.74, 6) is 0.513. The van der Waals surface area contributed by atoms with E-state index in [4.69, 9.17) is 14.9 Å². The SMILES string of the molecule is CC(=O)CCC(=O)OC1CC2CCC1(C)C2(C)C.CCCC(O)O. The number of fused-ring (bicyclic) bond motifs is 2. The Kier molecular flexibility index (Phi) is 7.42. The Morgan fingerprint density at radius 1 is 1.21 bits per heavy atom. The first kappa shape index (κ1) is 21.1. The molecule has 2 aliphatic carbocycles. The molecule has 3 atom stereocenters. The van der Waals surface area contributed by atoms with Gasteiger partial charge in [0, 0.05) is 11.8 Å². The van der Waals surface area contributed by atoms with Crippen LogP contribution in [0.5, 0.6) is 0 Å². The molecule has 5 nitrogen and oxygen atoms in total. The average Bonchev–Trinajstić information content (AvgIpc) is 2.79. The van der Waals surface area contributed by atoms with Crippen LogP contribution in [-0.2, 0) is 14.3 Å². The van der Waals surface area contributed by atoms with E-state index >= 15 is 0 Å². The molecule has 2 aliphatic rings. The number of rotatable bonds is 6. The van der Waals surface area contributed by atoms with Crippen LogP contribution in [0.1, 0.15) is 79.6 Å². The summed E-state index contributed by atoms with van der Waals surface area (Å²) in [5, 5.41) is 16.2. The van der Waals surface area contributed by atoms with Crippen molar-refractivity contribution in [1.82, 2.24) is 0 Å².